The number of carbonyl (C=O) groups excluding carboxylic acids is 1. The van der Waals surface area contributed by atoms with E-state index in [0.717, 1.165) is 28.4 Å². The number of nitrogens with zero attached hydrogens (tertiary/aromatic N) is 4. The molecule has 0 spiro atoms. The Balaban J connectivity index is 1.31. The highest BCUT2D eigenvalue weighted by atomic mass is 16.5. The van der Waals surface area contributed by atoms with Crippen molar-refractivity contribution in [3.8, 4) is 22.8 Å². The number of hydrogen-bond donors (Lipinski definition) is 0. The van der Waals surface area contributed by atoms with E-state index in [1.54, 1.807) is 7.11 Å². The van der Waals surface area contributed by atoms with Gasteiger partial charge in [0.15, 0.2) is 12.4 Å². The smallest absolute Gasteiger partial charge is 0.260 e. The van der Waals surface area contributed by atoms with Crippen molar-refractivity contribution in [2.75, 3.05) is 44.8 Å². The minimum atomic E-state index is -0.00201. The molecule has 7 nitrogen and oxygen atoms in total. The van der Waals surface area contributed by atoms with Crippen molar-refractivity contribution in [2.24, 2.45) is 0 Å². The molecular formula is C24H26N4O3. The molecule has 1 fully saturated rings. The van der Waals surface area contributed by atoms with Crippen LogP contribution in [0.2, 0.25) is 0 Å². The molecule has 0 unspecified atom stereocenters. The van der Waals surface area contributed by atoms with Crippen LogP contribution in [0.15, 0.2) is 60.7 Å². The minimum absolute atomic E-state index is 0.00201. The lowest BCUT2D eigenvalue weighted by Crippen LogP contribution is -2.50. The maximum Gasteiger partial charge on any atom is 0.260 e. The SMILES string of the molecule is COc1ccccc1-c1ccc(N2CCN(C(=O)COc3ccc(C)cc3)CC2)nn1. The summed E-state index contributed by atoms with van der Waals surface area (Å²) in [7, 11) is 1.65. The lowest BCUT2D eigenvalue weighted by atomic mass is 10.1. The van der Waals surface area contributed by atoms with Gasteiger partial charge in [-0.1, -0.05) is 29.8 Å². The van der Waals surface area contributed by atoms with Gasteiger partial charge in [0, 0.05) is 31.7 Å². The number of hydrogen-bond acceptors (Lipinski definition) is 6. The number of ether oxygens (including phenoxy) is 2. The molecule has 1 aromatic heterocycles. The second kappa shape index (κ2) is 9.47. The van der Waals surface area contributed by atoms with Gasteiger partial charge in [0.05, 0.1) is 12.8 Å². The van der Waals surface area contributed by atoms with Gasteiger partial charge < -0.3 is 19.3 Å². The Morgan fingerprint density at radius 1 is 0.935 bits per heavy atom. The highest BCUT2D eigenvalue weighted by Gasteiger charge is 2.22. The molecule has 0 radical (unpaired) electrons. The van der Waals surface area contributed by atoms with E-state index in [0.29, 0.717) is 31.9 Å². The van der Waals surface area contributed by atoms with Crippen molar-refractivity contribution < 1.29 is 14.3 Å². The van der Waals surface area contributed by atoms with E-state index >= 15 is 0 Å². The molecule has 1 saturated heterocycles. The summed E-state index contributed by atoms with van der Waals surface area (Å²) in [6, 6.07) is 19.4. The monoisotopic (exact) mass is 418 g/mol. The first-order chi connectivity index (χ1) is 15.1. The number of benzene rings is 2. The summed E-state index contributed by atoms with van der Waals surface area (Å²) in [4.78, 5) is 16.5. The molecule has 0 bridgehead atoms. The molecule has 7 heteroatoms. The normalized spacial score (nSPS) is 13.7. The third kappa shape index (κ3) is 4.94. The fourth-order valence-electron chi connectivity index (χ4n) is 3.55. The highest BCUT2D eigenvalue weighted by Crippen LogP contribution is 2.28. The minimum Gasteiger partial charge on any atom is -0.496 e. The Morgan fingerprint density at radius 3 is 2.35 bits per heavy atom. The van der Waals surface area contributed by atoms with Crippen LogP contribution >= 0.6 is 0 Å². The van der Waals surface area contributed by atoms with E-state index in [4.69, 9.17) is 9.47 Å². The van der Waals surface area contributed by atoms with Gasteiger partial charge in [-0.2, -0.15) is 0 Å². The van der Waals surface area contributed by atoms with Crippen LogP contribution in [0, 0.1) is 6.92 Å². The largest absolute Gasteiger partial charge is 0.496 e. The number of aryl methyl sites for hydroxylation is 1. The Morgan fingerprint density at radius 2 is 1.68 bits per heavy atom. The number of rotatable bonds is 6. The second-order valence-corrected chi connectivity index (χ2v) is 7.45. The van der Waals surface area contributed by atoms with Crippen molar-refractivity contribution in [1.29, 1.82) is 0 Å². The average molecular weight is 418 g/mol. The number of methoxy groups -OCH3 is 1. The number of aromatic nitrogens is 2. The zero-order valence-electron chi connectivity index (χ0n) is 17.8. The predicted octanol–water partition coefficient (Wildman–Crippen LogP) is 3.19. The zero-order valence-corrected chi connectivity index (χ0v) is 17.8. The molecule has 0 aliphatic carbocycles. The summed E-state index contributed by atoms with van der Waals surface area (Å²) in [5.74, 6) is 2.28. The van der Waals surface area contributed by atoms with Gasteiger partial charge in [0.1, 0.15) is 11.5 Å². The topological polar surface area (TPSA) is 67.8 Å². The molecule has 31 heavy (non-hydrogen) atoms. The molecule has 4 rings (SSSR count). The van der Waals surface area contributed by atoms with Gasteiger partial charge in [0.2, 0.25) is 0 Å². The summed E-state index contributed by atoms with van der Waals surface area (Å²) in [6.45, 7) is 4.75. The molecule has 3 aromatic rings. The van der Waals surface area contributed by atoms with Crippen LogP contribution in [0.3, 0.4) is 0 Å². The molecule has 1 amide bonds. The summed E-state index contributed by atoms with van der Waals surface area (Å²) in [5.41, 5.74) is 2.84. The predicted molar refractivity (Wildman–Crippen MR) is 119 cm³/mol. The fraction of sp³-hybridized carbons (Fsp3) is 0.292. The van der Waals surface area contributed by atoms with Crippen LogP contribution in [-0.4, -0.2) is 60.9 Å². The van der Waals surface area contributed by atoms with E-state index in [1.165, 1.54) is 0 Å². The quantitative estimate of drug-likeness (QED) is 0.613. The molecule has 160 valence electrons. The van der Waals surface area contributed by atoms with Gasteiger partial charge in [0.25, 0.3) is 5.91 Å². The Kier molecular flexibility index (Phi) is 6.31. The van der Waals surface area contributed by atoms with Crippen LogP contribution in [0.1, 0.15) is 5.56 Å². The third-order valence-electron chi connectivity index (χ3n) is 5.37. The second-order valence-electron chi connectivity index (χ2n) is 7.45. The number of amides is 1. The zero-order chi connectivity index (χ0) is 21.6. The van der Waals surface area contributed by atoms with Crippen molar-refractivity contribution in [2.45, 2.75) is 6.92 Å². The summed E-state index contributed by atoms with van der Waals surface area (Å²) < 4.78 is 11.0. The van der Waals surface area contributed by atoms with Crippen LogP contribution in [0.4, 0.5) is 5.82 Å². The molecule has 2 heterocycles. The Hall–Kier alpha value is -3.61. The van der Waals surface area contributed by atoms with Gasteiger partial charge in [-0.25, -0.2) is 0 Å². The van der Waals surface area contributed by atoms with Crippen molar-refractivity contribution in [3.63, 3.8) is 0 Å². The molecule has 1 aliphatic heterocycles. The standard InChI is InChI=1S/C24H26N4O3/c1-18-7-9-19(10-8-18)31-17-24(29)28-15-13-27(14-16-28)23-12-11-21(25-26-23)20-5-3-4-6-22(20)30-2/h3-12H,13-17H2,1-2H3. The highest BCUT2D eigenvalue weighted by molar-refractivity contribution is 5.78. The first-order valence-corrected chi connectivity index (χ1v) is 10.3. The van der Waals surface area contributed by atoms with E-state index < -0.39 is 0 Å². The number of carbonyl (C=O) groups is 1. The van der Waals surface area contributed by atoms with Gasteiger partial charge in [-0.05, 0) is 43.3 Å². The molecule has 0 saturated carbocycles. The van der Waals surface area contributed by atoms with Crippen molar-refractivity contribution in [1.82, 2.24) is 15.1 Å². The van der Waals surface area contributed by atoms with Crippen molar-refractivity contribution >= 4 is 11.7 Å². The van der Waals surface area contributed by atoms with Crippen LogP contribution in [0.25, 0.3) is 11.3 Å². The molecule has 0 N–H and O–H groups in total. The van der Waals surface area contributed by atoms with Crippen LogP contribution in [-0.2, 0) is 4.79 Å². The molecule has 0 atom stereocenters. The molecule has 1 aliphatic rings. The third-order valence-corrected chi connectivity index (χ3v) is 5.37. The van der Waals surface area contributed by atoms with Crippen LogP contribution < -0.4 is 14.4 Å². The fourth-order valence-corrected chi connectivity index (χ4v) is 3.55. The summed E-state index contributed by atoms with van der Waals surface area (Å²) in [5, 5.41) is 8.78. The van der Waals surface area contributed by atoms with Crippen molar-refractivity contribution in [3.05, 3.63) is 66.2 Å². The Bertz CT molecular complexity index is 1010. The molecular weight excluding hydrogens is 392 g/mol. The molecule has 2 aromatic carbocycles. The summed E-state index contributed by atoms with van der Waals surface area (Å²) >= 11 is 0. The van der Waals surface area contributed by atoms with Gasteiger partial charge in [-0.3, -0.25) is 4.79 Å². The van der Waals surface area contributed by atoms with Crippen LogP contribution in [0.5, 0.6) is 11.5 Å². The van der Waals surface area contributed by atoms with E-state index in [-0.39, 0.29) is 12.5 Å². The first kappa shape index (κ1) is 20.7. The maximum absolute atomic E-state index is 12.5. The average Bonchev–Trinajstić information content (AvgIpc) is 2.83. The first-order valence-electron chi connectivity index (χ1n) is 10.3. The summed E-state index contributed by atoms with van der Waals surface area (Å²) in [6.07, 6.45) is 0. The van der Waals surface area contributed by atoms with Gasteiger partial charge in [-0.15, -0.1) is 10.2 Å². The number of anilines is 1. The van der Waals surface area contributed by atoms with E-state index in [9.17, 15) is 4.79 Å². The number of piperazine rings is 1. The lowest BCUT2D eigenvalue weighted by molar-refractivity contribution is -0.133. The van der Waals surface area contributed by atoms with E-state index in [1.807, 2.05) is 72.5 Å². The van der Waals surface area contributed by atoms with E-state index in [2.05, 4.69) is 15.1 Å². The van der Waals surface area contributed by atoms with Gasteiger partial charge >= 0.3 is 0 Å². The lowest BCUT2D eigenvalue weighted by Gasteiger charge is -2.35. The number of para-hydroxylation sites is 1. The maximum atomic E-state index is 12.5. The Labute approximate surface area is 182 Å².